The van der Waals surface area contributed by atoms with Crippen molar-refractivity contribution in [3.05, 3.63) is 35.9 Å². The van der Waals surface area contributed by atoms with Gasteiger partial charge in [-0.1, -0.05) is 25.1 Å². The number of carbonyl (C=O) groups is 2. The summed E-state index contributed by atoms with van der Waals surface area (Å²) in [6.07, 6.45) is -5.27. The molecule has 4 N–H and O–H groups in total. The van der Waals surface area contributed by atoms with Crippen molar-refractivity contribution >= 4 is 11.9 Å². The van der Waals surface area contributed by atoms with E-state index in [4.69, 9.17) is 14.2 Å². The summed E-state index contributed by atoms with van der Waals surface area (Å²) in [7, 11) is 0. The van der Waals surface area contributed by atoms with E-state index in [9.17, 15) is 30.0 Å². The standard InChI is InChI=1S/C21H26O9/c1-11-10-28-20(9-14(11)29-18(25)12-5-3-2-4-6-12)19(26)21(27)15(22)7-13(17(23)24)8-16(21)30-20/h2-6,11,13-16,19,22,26-27H,7-10H2,1H3,(H,23,24). The molecule has 3 aliphatic rings. The van der Waals surface area contributed by atoms with E-state index < -0.39 is 53.7 Å². The normalized spacial score (nSPS) is 43.2. The first-order valence-electron chi connectivity index (χ1n) is 10.1. The highest BCUT2D eigenvalue weighted by atomic mass is 16.7. The van der Waals surface area contributed by atoms with Crippen LogP contribution >= 0.6 is 0 Å². The van der Waals surface area contributed by atoms with Crippen LogP contribution in [0.1, 0.15) is 36.5 Å². The summed E-state index contributed by atoms with van der Waals surface area (Å²) >= 11 is 0. The molecule has 8 unspecified atom stereocenters. The van der Waals surface area contributed by atoms with E-state index >= 15 is 0 Å². The van der Waals surface area contributed by atoms with E-state index in [-0.39, 0.29) is 31.8 Å². The minimum atomic E-state index is -2.07. The van der Waals surface area contributed by atoms with Crippen LogP contribution in [0.5, 0.6) is 0 Å². The average Bonchev–Trinajstić information content (AvgIpc) is 2.94. The molecule has 164 valence electrons. The average molecular weight is 422 g/mol. The maximum absolute atomic E-state index is 12.5. The first kappa shape index (κ1) is 21.2. The van der Waals surface area contributed by atoms with Gasteiger partial charge in [-0.3, -0.25) is 4.79 Å². The summed E-state index contributed by atoms with van der Waals surface area (Å²) in [6, 6.07) is 8.47. The molecule has 0 aromatic heterocycles. The number of carbonyl (C=O) groups excluding carboxylic acids is 1. The smallest absolute Gasteiger partial charge is 0.338 e. The molecule has 3 fully saturated rings. The van der Waals surface area contributed by atoms with Crippen molar-refractivity contribution in [1.29, 1.82) is 0 Å². The number of ether oxygens (including phenoxy) is 3. The number of carboxylic acids is 1. The van der Waals surface area contributed by atoms with Gasteiger partial charge in [0.05, 0.1) is 30.3 Å². The lowest BCUT2D eigenvalue weighted by molar-refractivity contribution is -0.299. The maximum atomic E-state index is 12.5. The number of aliphatic carboxylic acids is 1. The van der Waals surface area contributed by atoms with Crippen molar-refractivity contribution in [2.75, 3.05) is 6.61 Å². The molecule has 4 rings (SSSR count). The second-order valence-electron chi connectivity index (χ2n) is 8.53. The number of carboxylic acid groups (broad SMARTS) is 1. The third kappa shape index (κ3) is 3.30. The third-order valence-electron chi connectivity index (χ3n) is 6.58. The topological polar surface area (TPSA) is 143 Å². The van der Waals surface area contributed by atoms with Gasteiger partial charge in [-0.2, -0.15) is 0 Å². The fourth-order valence-corrected chi connectivity index (χ4v) is 4.71. The number of fused-ring (bicyclic) bond motifs is 1. The van der Waals surface area contributed by atoms with E-state index in [0.717, 1.165) is 0 Å². The van der Waals surface area contributed by atoms with Crippen molar-refractivity contribution in [3.63, 3.8) is 0 Å². The molecule has 9 nitrogen and oxygen atoms in total. The minimum Gasteiger partial charge on any atom is -0.481 e. The molecule has 2 aliphatic heterocycles. The molecule has 1 aromatic carbocycles. The number of hydrogen-bond donors (Lipinski definition) is 4. The van der Waals surface area contributed by atoms with Crippen LogP contribution in [0.3, 0.4) is 0 Å². The van der Waals surface area contributed by atoms with Gasteiger partial charge in [-0.25, -0.2) is 4.79 Å². The Balaban J connectivity index is 1.55. The molecule has 9 heteroatoms. The second kappa shape index (κ2) is 7.58. The van der Waals surface area contributed by atoms with Crippen LogP contribution in [0, 0.1) is 11.8 Å². The number of rotatable bonds is 3. The lowest BCUT2D eigenvalue weighted by atomic mass is 9.71. The van der Waals surface area contributed by atoms with Crippen LogP contribution in [0.2, 0.25) is 0 Å². The van der Waals surface area contributed by atoms with Crippen molar-refractivity contribution < 1.29 is 44.2 Å². The molecular formula is C21H26O9. The Morgan fingerprint density at radius 1 is 1.17 bits per heavy atom. The summed E-state index contributed by atoms with van der Waals surface area (Å²) in [6.45, 7) is 1.92. The van der Waals surface area contributed by atoms with Gasteiger partial charge in [0.1, 0.15) is 17.8 Å². The lowest BCUT2D eigenvalue weighted by Crippen LogP contribution is -2.63. The monoisotopic (exact) mass is 422 g/mol. The Morgan fingerprint density at radius 3 is 2.53 bits per heavy atom. The highest BCUT2D eigenvalue weighted by Gasteiger charge is 2.70. The van der Waals surface area contributed by atoms with E-state index in [1.54, 1.807) is 30.3 Å². The van der Waals surface area contributed by atoms with Crippen molar-refractivity contribution in [2.45, 2.75) is 62.0 Å². The summed E-state index contributed by atoms with van der Waals surface area (Å²) in [4.78, 5) is 23.9. The van der Waals surface area contributed by atoms with E-state index in [1.807, 2.05) is 6.92 Å². The van der Waals surface area contributed by atoms with Crippen LogP contribution in [0.25, 0.3) is 0 Å². The summed E-state index contributed by atoms with van der Waals surface area (Å²) in [5.74, 6) is -4.46. The van der Waals surface area contributed by atoms with Crippen molar-refractivity contribution in [2.24, 2.45) is 11.8 Å². The zero-order valence-electron chi connectivity index (χ0n) is 16.5. The first-order valence-corrected chi connectivity index (χ1v) is 10.1. The lowest BCUT2D eigenvalue weighted by Gasteiger charge is -2.44. The summed E-state index contributed by atoms with van der Waals surface area (Å²) in [5, 5.41) is 41.8. The Kier molecular flexibility index (Phi) is 5.36. The molecule has 1 aromatic rings. The predicted octanol–water partition coefficient (Wildman–Crippen LogP) is 0.311. The number of esters is 1. The molecule has 1 spiro atoms. The van der Waals surface area contributed by atoms with E-state index in [2.05, 4.69) is 0 Å². The van der Waals surface area contributed by atoms with Crippen LogP contribution in [-0.4, -0.2) is 74.8 Å². The van der Waals surface area contributed by atoms with Gasteiger partial charge in [0.2, 0.25) is 5.79 Å². The van der Waals surface area contributed by atoms with Crippen LogP contribution in [0.4, 0.5) is 0 Å². The zero-order chi connectivity index (χ0) is 21.7. The quantitative estimate of drug-likeness (QED) is 0.506. The van der Waals surface area contributed by atoms with Gasteiger partial charge in [-0.05, 0) is 25.0 Å². The predicted molar refractivity (Wildman–Crippen MR) is 100 cm³/mol. The maximum Gasteiger partial charge on any atom is 0.338 e. The zero-order valence-corrected chi connectivity index (χ0v) is 16.5. The number of aliphatic hydroxyl groups excluding tert-OH is 2. The fraction of sp³-hybridized carbons (Fsp3) is 0.619. The Labute approximate surface area is 173 Å². The second-order valence-corrected chi connectivity index (χ2v) is 8.53. The van der Waals surface area contributed by atoms with E-state index in [0.29, 0.717) is 5.56 Å². The van der Waals surface area contributed by atoms with Gasteiger partial charge in [0, 0.05) is 12.3 Å². The first-order chi connectivity index (χ1) is 14.2. The number of aliphatic hydroxyl groups is 3. The van der Waals surface area contributed by atoms with Crippen molar-refractivity contribution in [3.8, 4) is 0 Å². The van der Waals surface area contributed by atoms with Gasteiger partial charge in [0.25, 0.3) is 0 Å². The molecule has 0 radical (unpaired) electrons. The number of benzene rings is 1. The van der Waals surface area contributed by atoms with Crippen LogP contribution < -0.4 is 0 Å². The summed E-state index contributed by atoms with van der Waals surface area (Å²) in [5.41, 5.74) is -1.69. The van der Waals surface area contributed by atoms with Gasteiger partial charge in [0.15, 0.2) is 0 Å². The third-order valence-corrected chi connectivity index (χ3v) is 6.58. The van der Waals surface area contributed by atoms with Crippen molar-refractivity contribution in [1.82, 2.24) is 0 Å². The minimum absolute atomic E-state index is 0.0584. The van der Waals surface area contributed by atoms with Gasteiger partial charge >= 0.3 is 11.9 Å². The van der Waals surface area contributed by atoms with Crippen LogP contribution in [0.15, 0.2) is 30.3 Å². The highest BCUT2D eigenvalue weighted by molar-refractivity contribution is 5.89. The molecule has 30 heavy (non-hydrogen) atoms. The van der Waals surface area contributed by atoms with Crippen LogP contribution in [-0.2, 0) is 19.0 Å². The SMILES string of the molecule is CC1COC2(CC1OC(=O)c1ccccc1)OC1CC(C(=O)O)CC(O)C1(O)C2O. The molecule has 2 saturated heterocycles. The van der Waals surface area contributed by atoms with Gasteiger partial charge in [-0.15, -0.1) is 0 Å². The summed E-state index contributed by atoms with van der Waals surface area (Å²) < 4.78 is 17.3. The Morgan fingerprint density at radius 2 is 1.87 bits per heavy atom. The fourth-order valence-electron chi connectivity index (χ4n) is 4.71. The molecule has 2 heterocycles. The largest absolute Gasteiger partial charge is 0.481 e. The Bertz CT molecular complexity index is 814. The molecule has 8 atom stereocenters. The highest BCUT2D eigenvalue weighted by Crippen LogP contribution is 2.51. The molecule has 0 amide bonds. The van der Waals surface area contributed by atoms with E-state index in [1.165, 1.54) is 0 Å². The van der Waals surface area contributed by atoms with Gasteiger partial charge < -0.3 is 34.6 Å². The molecular weight excluding hydrogens is 396 g/mol. The molecule has 1 saturated carbocycles. The molecule has 0 bridgehead atoms. The number of hydrogen-bond acceptors (Lipinski definition) is 8. The Hall–Kier alpha value is -2.04. The molecule has 1 aliphatic carbocycles.